The minimum atomic E-state index is -1.12. The Morgan fingerprint density at radius 1 is 1.23 bits per heavy atom. The fourth-order valence-corrected chi connectivity index (χ4v) is 2.34. The Morgan fingerprint density at radius 2 is 2.00 bits per heavy atom. The van der Waals surface area contributed by atoms with Gasteiger partial charge in [0.15, 0.2) is 5.58 Å². The van der Waals surface area contributed by atoms with Gasteiger partial charge in [-0.25, -0.2) is 4.98 Å². The van der Waals surface area contributed by atoms with Crippen LogP contribution in [0.25, 0.3) is 22.0 Å². The second-order valence-corrected chi connectivity index (χ2v) is 5.67. The normalized spacial score (nSPS) is 12.2. The maximum atomic E-state index is 10.1. The van der Waals surface area contributed by atoms with Crippen molar-refractivity contribution in [1.82, 2.24) is 9.97 Å². The molecule has 5 N–H and O–H groups in total. The molecule has 0 spiro atoms. The van der Waals surface area contributed by atoms with Crippen LogP contribution in [-0.2, 0) is 5.60 Å². The maximum Gasteiger partial charge on any atom is 0.295 e. The van der Waals surface area contributed by atoms with Gasteiger partial charge in [-0.3, -0.25) is 0 Å². The van der Waals surface area contributed by atoms with E-state index >= 15 is 0 Å². The highest BCUT2D eigenvalue weighted by molar-refractivity contribution is 5.94. The van der Waals surface area contributed by atoms with Crippen molar-refractivity contribution in [3.63, 3.8) is 0 Å². The number of aromatic nitrogens is 2. The van der Waals surface area contributed by atoms with Crippen LogP contribution in [0.2, 0.25) is 0 Å². The SMILES string of the molecule is CC(C)(O)c1nc2cc3nc(NCCO)oc3cc2cc1N. The van der Waals surface area contributed by atoms with Gasteiger partial charge in [0, 0.05) is 11.9 Å². The summed E-state index contributed by atoms with van der Waals surface area (Å²) in [6, 6.07) is 5.69. The molecule has 3 aromatic rings. The number of nitrogens with one attached hydrogen (secondary N) is 1. The number of benzene rings is 1. The van der Waals surface area contributed by atoms with E-state index in [4.69, 9.17) is 15.3 Å². The summed E-state index contributed by atoms with van der Waals surface area (Å²) in [7, 11) is 0. The van der Waals surface area contributed by atoms with Gasteiger partial charge in [-0.2, -0.15) is 4.98 Å². The number of anilines is 2. The van der Waals surface area contributed by atoms with Gasteiger partial charge in [-0.05, 0) is 32.0 Å². The molecule has 7 nitrogen and oxygen atoms in total. The maximum absolute atomic E-state index is 10.1. The molecule has 0 unspecified atom stereocenters. The van der Waals surface area contributed by atoms with E-state index < -0.39 is 5.60 Å². The summed E-state index contributed by atoms with van der Waals surface area (Å²) >= 11 is 0. The lowest BCUT2D eigenvalue weighted by molar-refractivity contribution is 0.0751. The van der Waals surface area contributed by atoms with Gasteiger partial charge in [0.25, 0.3) is 6.01 Å². The highest BCUT2D eigenvalue weighted by Gasteiger charge is 2.22. The van der Waals surface area contributed by atoms with E-state index in [2.05, 4.69) is 15.3 Å². The van der Waals surface area contributed by atoms with Crippen LogP contribution in [0.5, 0.6) is 0 Å². The molecular formula is C15H18N4O3. The minimum absolute atomic E-state index is 0.00622. The van der Waals surface area contributed by atoms with Crippen molar-refractivity contribution in [2.45, 2.75) is 19.4 Å². The van der Waals surface area contributed by atoms with Gasteiger partial charge in [-0.1, -0.05) is 0 Å². The summed E-state index contributed by atoms with van der Waals surface area (Å²) < 4.78 is 5.56. The first-order chi connectivity index (χ1) is 10.4. The summed E-state index contributed by atoms with van der Waals surface area (Å²) in [5.74, 6) is 0. The van der Waals surface area contributed by atoms with Crippen molar-refractivity contribution < 1.29 is 14.6 Å². The molecule has 3 rings (SSSR count). The van der Waals surface area contributed by atoms with Gasteiger partial charge >= 0.3 is 0 Å². The largest absolute Gasteiger partial charge is 0.424 e. The average molecular weight is 302 g/mol. The molecule has 0 radical (unpaired) electrons. The van der Waals surface area contributed by atoms with Crippen LogP contribution in [0.1, 0.15) is 19.5 Å². The third-order valence-corrected chi connectivity index (χ3v) is 3.32. The van der Waals surface area contributed by atoms with E-state index in [-0.39, 0.29) is 6.61 Å². The molecule has 0 aliphatic carbocycles. The van der Waals surface area contributed by atoms with E-state index in [9.17, 15) is 5.11 Å². The summed E-state index contributed by atoms with van der Waals surface area (Å²) in [6.45, 7) is 3.64. The van der Waals surface area contributed by atoms with Crippen molar-refractivity contribution >= 4 is 33.7 Å². The molecule has 2 aromatic heterocycles. The predicted molar refractivity (Wildman–Crippen MR) is 84.5 cm³/mol. The van der Waals surface area contributed by atoms with E-state index in [0.717, 1.165) is 5.39 Å². The van der Waals surface area contributed by atoms with E-state index in [1.54, 1.807) is 32.0 Å². The number of rotatable bonds is 4. The van der Waals surface area contributed by atoms with Crippen LogP contribution in [0.15, 0.2) is 22.6 Å². The molecule has 7 heteroatoms. The first-order valence-corrected chi connectivity index (χ1v) is 6.97. The van der Waals surface area contributed by atoms with Crippen LogP contribution in [0.3, 0.4) is 0 Å². The standard InChI is InChI=1S/C15H18N4O3/c1-15(2,21)13-9(16)5-8-6-12-11(7-10(8)18-13)19-14(22-12)17-3-4-20/h5-7,20-21H,3-4,16H2,1-2H3,(H,17,19). The second-order valence-electron chi connectivity index (χ2n) is 5.67. The molecular weight excluding hydrogens is 284 g/mol. The lowest BCUT2D eigenvalue weighted by atomic mass is 10.0. The highest BCUT2D eigenvalue weighted by atomic mass is 16.4. The van der Waals surface area contributed by atoms with Crippen LogP contribution in [-0.4, -0.2) is 33.3 Å². The van der Waals surface area contributed by atoms with E-state index in [1.165, 1.54) is 0 Å². The molecule has 22 heavy (non-hydrogen) atoms. The van der Waals surface area contributed by atoms with Gasteiger partial charge in [0.2, 0.25) is 0 Å². The van der Waals surface area contributed by atoms with Crippen LogP contribution in [0, 0.1) is 0 Å². The van der Waals surface area contributed by atoms with Crippen LogP contribution in [0.4, 0.5) is 11.7 Å². The zero-order chi connectivity index (χ0) is 15.9. The lowest BCUT2D eigenvalue weighted by Crippen LogP contribution is -2.19. The Hall–Kier alpha value is -2.38. The van der Waals surface area contributed by atoms with Gasteiger partial charge in [-0.15, -0.1) is 0 Å². The Balaban J connectivity index is 2.14. The first-order valence-electron chi connectivity index (χ1n) is 6.97. The molecule has 116 valence electrons. The minimum Gasteiger partial charge on any atom is -0.424 e. The van der Waals surface area contributed by atoms with Crippen molar-refractivity contribution in [3.8, 4) is 0 Å². The Bertz CT molecular complexity index is 836. The Kier molecular flexibility index (Phi) is 3.38. The Labute approximate surface area is 126 Å². The highest BCUT2D eigenvalue weighted by Crippen LogP contribution is 2.30. The van der Waals surface area contributed by atoms with E-state index in [0.29, 0.717) is 40.6 Å². The summed E-state index contributed by atoms with van der Waals surface area (Å²) in [4.78, 5) is 8.74. The lowest BCUT2D eigenvalue weighted by Gasteiger charge is -2.19. The number of oxazole rings is 1. The average Bonchev–Trinajstić information content (AvgIpc) is 2.82. The zero-order valence-corrected chi connectivity index (χ0v) is 12.4. The number of fused-ring (bicyclic) bond motifs is 2. The smallest absolute Gasteiger partial charge is 0.295 e. The second kappa shape index (κ2) is 5.11. The van der Waals surface area contributed by atoms with Gasteiger partial charge < -0.3 is 25.7 Å². The number of nitrogen functional groups attached to an aromatic ring is 1. The number of nitrogens with zero attached hydrogens (tertiary/aromatic N) is 2. The number of aliphatic hydroxyl groups excluding tert-OH is 1. The molecule has 0 atom stereocenters. The van der Waals surface area contributed by atoms with Crippen LogP contribution < -0.4 is 11.1 Å². The molecule has 0 aliphatic rings. The van der Waals surface area contributed by atoms with Crippen molar-refractivity contribution in [3.05, 3.63) is 23.9 Å². The van der Waals surface area contributed by atoms with Crippen molar-refractivity contribution in [2.75, 3.05) is 24.2 Å². The monoisotopic (exact) mass is 302 g/mol. The number of hydrogen-bond acceptors (Lipinski definition) is 7. The molecule has 0 bridgehead atoms. The third kappa shape index (κ3) is 2.56. The fraction of sp³-hybridized carbons (Fsp3) is 0.333. The van der Waals surface area contributed by atoms with Crippen LogP contribution >= 0.6 is 0 Å². The quantitative estimate of drug-likeness (QED) is 0.578. The Morgan fingerprint density at radius 3 is 2.68 bits per heavy atom. The zero-order valence-electron chi connectivity index (χ0n) is 12.4. The van der Waals surface area contributed by atoms with E-state index in [1.807, 2.05) is 0 Å². The fourth-order valence-electron chi connectivity index (χ4n) is 2.34. The van der Waals surface area contributed by atoms with Gasteiger partial charge in [0.05, 0.1) is 23.5 Å². The number of pyridine rings is 1. The van der Waals surface area contributed by atoms with Crippen molar-refractivity contribution in [2.24, 2.45) is 0 Å². The molecule has 0 saturated carbocycles. The number of nitrogens with two attached hydrogens (primary N) is 1. The number of aliphatic hydroxyl groups is 2. The summed E-state index contributed by atoms with van der Waals surface area (Å²) in [5.41, 5.74) is 7.65. The third-order valence-electron chi connectivity index (χ3n) is 3.32. The molecule has 0 fully saturated rings. The first kappa shape index (κ1) is 14.6. The molecule has 0 saturated heterocycles. The van der Waals surface area contributed by atoms with Crippen molar-refractivity contribution in [1.29, 1.82) is 0 Å². The summed E-state index contributed by atoms with van der Waals surface area (Å²) in [5, 5.41) is 22.6. The van der Waals surface area contributed by atoms with Gasteiger partial charge in [0.1, 0.15) is 11.1 Å². The number of hydrogen-bond donors (Lipinski definition) is 4. The predicted octanol–water partition coefficient (Wildman–Crippen LogP) is 1.59. The molecule has 0 amide bonds. The summed E-state index contributed by atoms with van der Waals surface area (Å²) in [6.07, 6.45) is 0. The molecule has 1 aromatic carbocycles. The topological polar surface area (TPSA) is 117 Å². The molecule has 2 heterocycles. The molecule has 0 aliphatic heterocycles.